The number of carbonyl (C=O) groups is 1. The van der Waals surface area contributed by atoms with E-state index >= 15 is 0 Å². The molecule has 218 valence electrons. The number of alkyl halides is 3. The molecule has 2 aromatic carbocycles. The Morgan fingerprint density at radius 2 is 1.80 bits per heavy atom. The number of nitrogens with zero attached hydrogens (tertiary/aromatic N) is 4. The molecule has 1 aromatic heterocycles. The first-order valence-electron chi connectivity index (χ1n) is 14.1. The standard InChI is InChI=1S/C30H34F3N5O2S/c31-30(32,33)25-8-7-20(13-27(25)41-19-28(40)37-11-3-4-12-37)29-24-14-34-10-9-26(24)38(35-29)18-23(39)17-36-15-21-5-1-2-6-22(21)16-36/h1-2,5-8,13,23,34,39H,3-4,9-12,14-19H2. The van der Waals surface area contributed by atoms with Crippen LogP contribution in [-0.2, 0) is 43.6 Å². The minimum atomic E-state index is -4.53. The molecule has 7 nitrogen and oxygen atoms in total. The Morgan fingerprint density at radius 3 is 2.51 bits per heavy atom. The quantitative estimate of drug-likeness (QED) is 0.384. The molecule has 0 radical (unpaired) electrons. The van der Waals surface area contributed by atoms with Crippen LogP contribution in [0.5, 0.6) is 0 Å². The summed E-state index contributed by atoms with van der Waals surface area (Å²) in [5, 5.41) is 19.2. The Hall–Kier alpha value is -2.86. The van der Waals surface area contributed by atoms with E-state index in [1.54, 1.807) is 4.90 Å². The number of hydrogen-bond acceptors (Lipinski definition) is 6. The van der Waals surface area contributed by atoms with Crippen molar-refractivity contribution in [1.29, 1.82) is 0 Å². The molecule has 1 unspecified atom stereocenters. The molecule has 1 fully saturated rings. The Labute approximate surface area is 241 Å². The van der Waals surface area contributed by atoms with Crippen LogP contribution in [0.3, 0.4) is 0 Å². The summed E-state index contributed by atoms with van der Waals surface area (Å²) in [5.74, 6) is -0.167. The lowest BCUT2D eigenvalue weighted by Gasteiger charge is -2.21. The average Bonchev–Trinajstić information content (AvgIpc) is 3.70. The number of aliphatic hydroxyl groups excluding tert-OH is 1. The van der Waals surface area contributed by atoms with Gasteiger partial charge in [0.25, 0.3) is 0 Å². The molecule has 1 amide bonds. The summed E-state index contributed by atoms with van der Waals surface area (Å²) in [5.41, 5.74) is 4.97. The average molecular weight is 586 g/mol. The summed E-state index contributed by atoms with van der Waals surface area (Å²) >= 11 is 0.938. The number of carbonyl (C=O) groups excluding carboxylic acids is 1. The number of likely N-dealkylation sites (tertiary alicyclic amines) is 1. The topological polar surface area (TPSA) is 73.6 Å². The predicted molar refractivity (Wildman–Crippen MR) is 151 cm³/mol. The maximum Gasteiger partial charge on any atom is 0.417 e. The van der Waals surface area contributed by atoms with Crippen LogP contribution in [0.2, 0.25) is 0 Å². The van der Waals surface area contributed by atoms with Gasteiger partial charge in [-0.2, -0.15) is 18.3 Å². The van der Waals surface area contributed by atoms with E-state index in [2.05, 4.69) is 22.3 Å². The highest BCUT2D eigenvalue weighted by molar-refractivity contribution is 8.00. The third kappa shape index (κ3) is 6.18. The third-order valence-corrected chi connectivity index (χ3v) is 9.18. The fourth-order valence-electron chi connectivity index (χ4n) is 6.11. The van der Waals surface area contributed by atoms with Crippen LogP contribution in [-0.4, -0.2) is 68.6 Å². The number of fused-ring (bicyclic) bond motifs is 2. The van der Waals surface area contributed by atoms with Crippen molar-refractivity contribution in [3.8, 4) is 11.3 Å². The van der Waals surface area contributed by atoms with Crippen LogP contribution in [0.1, 0.15) is 40.8 Å². The highest BCUT2D eigenvalue weighted by Gasteiger charge is 2.35. The SMILES string of the molecule is O=C(CSc1cc(-c2nn(CC(O)CN3Cc4ccccc4C3)c3c2CNCC3)ccc1C(F)(F)F)N1CCCC1. The number of β-amino-alcohol motifs (C(OH)–C–C–N with tert-alkyl or cyclic N) is 1. The van der Waals surface area contributed by atoms with Crippen LogP contribution in [0, 0.1) is 0 Å². The van der Waals surface area contributed by atoms with Crippen molar-refractivity contribution < 1.29 is 23.1 Å². The molecule has 11 heteroatoms. The van der Waals surface area contributed by atoms with Gasteiger partial charge in [0.2, 0.25) is 5.91 Å². The zero-order valence-corrected chi connectivity index (χ0v) is 23.6. The van der Waals surface area contributed by atoms with Crippen molar-refractivity contribution in [3.63, 3.8) is 0 Å². The van der Waals surface area contributed by atoms with E-state index in [1.165, 1.54) is 23.3 Å². The van der Waals surface area contributed by atoms with Crippen molar-refractivity contribution in [2.45, 2.75) is 62.6 Å². The Morgan fingerprint density at radius 1 is 1.07 bits per heavy atom. The molecule has 1 saturated heterocycles. The molecule has 3 aliphatic heterocycles. The number of rotatable bonds is 8. The molecule has 0 aliphatic carbocycles. The Bertz CT molecular complexity index is 1390. The van der Waals surface area contributed by atoms with Crippen LogP contribution >= 0.6 is 11.8 Å². The smallest absolute Gasteiger partial charge is 0.390 e. The van der Waals surface area contributed by atoms with Gasteiger partial charge in [-0.05, 0) is 36.1 Å². The molecular formula is C30H34F3N5O2S. The number of benzene rings is 2. The fourth-order valence-corrected chi connectivity index (χ4v) is 7.12. The maximum absolute atomic E-state index is 13.9. The first-order valence-corrected chi connectivity index (χ1v) is 15.1. The number of amides is 1. The van der Waals surface area contributed by atoms with Crippen molar-refractivity contribution in [1.82, 2.24) is 24.9 Å². The van der Waals surface area contributed by atoms with E-state index in [4.69, 9.17) is 5.10 Å². The van der Waals surface area contributed by atoms with Gasteiger partial charge in [-0.15, -0.1) is 11.8 Å². The highest BCUT2D eigenvalue weighted by atomic mass is 32.2. The van der Waals surface area contributed by atoms with E-state index in [1.807, 2.05) is 16.8 Å². The first kappa shape index (κ1) is 28.3. The van der Waals surface area contributed by atoms with Gasteiger partial charge in [-0.25, -0.2) is 0 Å². The number of halogens is 3. The second-order valence-electron chi connectivity index (χ2n) is 11.1. The largest absolute Gasteiger partial charge is 0.417 e. The van der Waals surface area contributed by atoms with Crippen LogP contribution < -0.4 is 5.32 Å². The molecule has 0 bridgehead atoms. The van der Waals surface area contributed by atoms with E-state index < -0.39 is 17.8 Å². The summed E-state index contributed by atoms with van der Waals surface area (Å²) in [6.45, 7) is 5.06. The van der Waals surface area contributed by atoms with Crippen molar-refractivity contribution in [3.05, 3.63) is 70.4 Å². The van der Waals surface area contributed by atoms with Crippen molar-refractivity contribution in [2.75, 3.05) is 31.9 Å². The lowest BCUT2D eigenvalue weighted by molar-refractivity contribution is -0.139. The summed E-state index contributed by atoms with van der Waals surface area (Å²) < 4.78 is 43.6. The lowest BCUT2D eigenvalue weighted by atomic mass is 10.0. The fraction of sp³-hybridized carbons (Fsp3) is 0.467. The molecule has 41 heavy (non-hydrogen) atoms. The highest BCUT2D eigenvalue weighted by Crippen LogP contribution is 2.40. The minimum absolute atomic E-state index is 0.0308. The molecule has 1 atom stereocenters. The summed E-state index contributed by atoms with van der Waals surface area (Å²) in [4.78, 5) is 16.6. The van der Waals surface area contributed by atoms with Gasteiger partial charge in [0.05, 0.1) is 29.7 Å². The van der Waals surface area contributed by atoms with E-state index in [9.17, 15) is 23.1 Å². The summed E-state index contributed by atoms with van der Waals surface area (Å²) in [7, 11) is 0. The number of aromatic nitrogens is 2. The second-order valence-corrected chi connectivity index (χ2v) is 12.1. The summed E-state index contributed by atoms with van der Waals surface area (Å²) in [6, 6.07) is 12.4. The first-order chi connectivity index (χ1) is 19.8. The van der Waals surface area contributed by atoms with Gasteiger partial charge in [0.15, 0.2) is 0 Å². The number of thioether (sulfide) groups is 1. The normalized spacial score (nSPS) is 18.0. The summed E-state index contributed by atoms with van der Waals surface area (Å²) in [6.07, 6.45) is -2.59. The van der Waals surface area contributed by atoms with E-state index in [-0.39, 0.29) is 16.6 Å². The Balaban J connectivity index is 1.23. The zero-order valence-electron chi connectivity index (χ0n) is 22.8. The third-order valence-electron chi connectivity index (χ3n) is 8.14. The molecule has 0 saturated carbocycles. The van der Waals surface area contributed by atoms with E-state index in [0.29, 0.717) is 44.0 Å². The van der Waals surface area contributed by atoms with Crippen molar-refractivity contribution >= 4 is 17.7 Å². The molecule has 6 rings (SSSR count). The lowest BCUT2D eigenvalue weighted by Crippen LogP contribution is -2.33. The van der Waals surface area contributed by atoms with Crippen LogP contribution in [0.25, 0.3) is 11.3 Å². The monoisotopic (exact) mass is 585 g/mol. The van der Waals surface area contributed by atoms with E-state index in [0.717, 1.165) is 68.0 Å². The van der Waals surface area contributed by atoms with Crippen LogP contribution in [0.15, 0.2) is 47.4 Å². The number of hydrogen-bond donors (Lipinski definition) is 2. The predicted octanol–water partition coefficient (Wildman–Crippen LogP) is 4.31. The molecular weight excluding hydrogens is 551 g/mol. The van der Waals surface area contributed by atoms with Gasteiger partial charge in [0, 0.05) is 74.0 Å². The van der Waals surface area contributed by atoms with Gasteiger partial charge in [-0.1, -0.05) is 30.3 Å². The number of aliphatic hydroxyl groups is 1. The molecule has 3 aromatic rings. The Kier molecular flexibility index (Phi) is 8.13. The van der Waals surface area contributed by atoms with Gasteiger partial charge in [-0.3, -0.25) is 14.4 Å². The maximum atomic E-state index is 13.9. The minimum Gasteiger partial charge on any atom is -0.390 e. The van der Waals surface area contributed by atoms with Gasteiger partial charge in [0.1, 0.15) is 0 Å². The van der Waals surface area contributed by atoms with Gasteiger partial charge < -0.3 is 15.3 Å². The zero-order chi connectivity index (χ0) is 28.6. The molecule has 3 aliphatic rings. The van der Waals surface area contributed by atoms with Crippen molar-refractivity contribution in [2.24, 2.45) is 0 Å². The molecule has 0 spiro atoms. The van der Waals surface area contributed by atoms with Crippen LogP contribution in [0.4, 0.5) is 13.2 Å². The van der Waals surface area contributed by atoms with Gasteiger partial charge >= 0.3 is 6.18 Å². The number of nitrogens with one attached hydrogen (secondary N) is 1. The molecule has 4 heterocycles. The second kappa shape index (κ2) is 11.8. The molecule has 2 N–H and O–H groups in total.